The molecule has 0 saturated carbocycles. The van der Waals surface area contributed by atoms with Gasteiger partial charge in [-0.2, -0.15) is 0 Å². The molecule has 8 heteroatoms. The third kappa shape index (κ3) is 3.91. The van der Waals surface area contributed by atoms with E-state index in [2.05, 4.69) is 4.74 Å². The van der Waals surface area contributed by atoms with Crippen LogP contribution in [0.25, 0.3) is 0 Å². The summed E-state index contributed by atoms with van der Waals surface area (Å²) in [6.45, 7) is 3.40. The molecule has 2 aromatic rings. The predicted octanol–water partition coefficient (Wildman–Crippen LogP) is 3.42. The summed E-state index contributed by atoms with van der Waals surface area (Å²) in [6, 6.07) is 9.33. The van der Waals surface area contributed by atoms with Gasteiger partial charge in [-0.3, -0.25) is 14.9 Å². The molecule has 0 N–H and O–H groups in total. The van der Waals surface area contributed by atoms with E-state index in [1.165, 1.54) is 19.2 Å². The van der Waals surface area contributed by atoms with Gasteiger partial charge in [-0.1, -0.05) is 6.92 Å². The van der Waals surface area contributed by atoms with Gasteiger partial charge in [0.2, 0.25) is 5.78 Å². The normalized spacial score (nSPS) is 17.2. The van der Waals surface area contributed by atoms with E-state index in [4.69, 9.17) is 9.47 Å². The van der Waals surface area contributed by atoms with Crippen molar-refractivity contribution in [1.82, 2.24) is 0 Å². The summed E-state index contributed by atoms with van der Waals surface area (Å²) in [6.07, 6.45) is 0.753. The molecule has 8 nitrogen and oxygen atoms in total. The number of esters is 1. The lowest BCUT2D eigenvalue weighted by Crippen LogP contribution is -2.42. The molecular formula is C21H21NO7. The third-order valence-electron chi connectivity index (χ3n) is 5.04. The van der Waals surface area contributed by atoms with E-state index in [-0.39, 0.29) is 18.1 Å². The Morgan fingerprint density at radius 3 is 2.62 bits per heavy atom. The smallest absolute Gasteiger partial charge is 0.343 e. The number of nitrogens with zero attached hydrogens (tertiary/aromatic N) is 1. The maximum Gasteiger partial charge on any atom is 0.343 e. The first kappa shape index (κ1) is 20.3. The number of Topliss-reactive ketones (excluding diaryl/α,β-unsaturated/α-hetero) is 1. The number of hydrogen-bond donors (Lipinski definition) is 0. The molecule has 1 atom stereocenters. The van der Waals surface area contributed by atoms with E-state index < -0.39 is 16.5 Å². The number of methoxy groups -OCH3 is 1. The third-order valence-corrected chi connectivity index (χ3v) is 5.04. The number of nitro benzene ring substituents is 1. The van der Waals surface area contributed by atoms with E-state index in [1.807, 2.05) is 6.92 Å². The fourth-order valence-corrected chi connectivity index (χ4v) is 3.35. The summed E-state index contributed by atoms with van der Waals surface area (Å²) < 4.78 is 15.9. The molecule has 3 rings (SSSR count). The summed E-state index contributed by atoms with van der Waals surface area (Å²) in [5, 5.41) is 11.0. The van der Waals surface area contributed by atoms with Crippen molar-refractivity contribution in [3.63, 3.8) is 0 Å². The zero-order valence-electron chi connectivity index (χ0n) is 16.4. The molecule has 1 aliphatic rings. The Morgan fingerprint density at radius 1 is 1.24 bits per heavy atom. The Balaban J connectivity index is 1.84. The molecule has 1 heterocycles. The number of rotatable bonds is 7. The topological polar surface area (TPSA) is 105 Å². The molecule has 0 bridgehead atoms. The number of ether oxygens (including phenoxy) is 3. The molecule has 0 aromatic heterocycles. The fourth-order valence-electron chi connectivity index (χ4n) is 3.35. The zero-order valence-corrected chi connectivity index (χ0v) is 16.4. The van der Waals surface area contributed by atoms with Gasteiger partial charge in [0, 0.05) is 18.1 Å². The summed E-state index contributed by atoms with van der Waals surface area (Å²) >= 11 is 0. The van der Waals surface area contributed by atoms with Crippen LogP contribution in [-0.4, -0.2) is 36.0 Å². The number of hydrogen-bond acceptors (Lipinski definition) is 7. The van der Waals surface area contributed by atoms with Gasteiger partial charge >= 0.3 is 5.97 Å². The molecule has 1 aliphatic heterocycles. The second-order valence-electron chi connectivity index (χ2n) is 6.85. The molecule has 29 heavy (non-hydrogen) atoms. The van der Waals surface area contributed by atoms with Crippen LogP contribution >= 0.6 is 0 Å². The van der Waals surface area contributed by atoms with Gasteiger partial charge in [-0.15, -0.1) is 0 Å². The molecule has 152 valence electrons. The lowest BCUT2D eigenvalue weighted by atomic mass is 9.86. The van der Waals surface area contributed by atoms with Gasteiger partial charge in [-0.25, -0.2) is 4.79 Å². The number of aryl methyl sites for hydroxylation is 1. The van der Waals surface area contributed by atoms with Crippen molar-refractivity contribution < 1.29 is 28.7 Å². The molecule has 2 aromatic carbocycles. The van der Waals surface area contributed by atoms with Crippen LogP contribution in [-0.2, 0) is 16.0 Å². The van der Waals surface area contributed by atoms with E-state index in [0.717, 1.165) is 5.56 Å². The van der Waals surface area contributed by atoms with Gasteiger partial charge < -0.3 is 14.2 Å². The highest BCUT2D eigenvalue weighted by molar-refractivity contribution is 6.03. The zero-order chi connectivity index (χ0) is 21.2. The van der Waals surface area contributed by atoms with Crippen LogP contribution < -0.4 is 9.47 Å². The SMILES string of the molecule is CCC1(C(=O)c2ccc(OCC(=O)OC)c(C)c2)Cc2ccc([N+](=O)[O-])cc2O1. The standard InChI is InChI=1S/C21H21NO7/c1-4-21(11-15-5-7-16(22(25)26)10-18(15)29-21)20(24)14-6-8-17(13(2)9-14)28-12-19(23)27-3/h5-10H,4,11-12H2,1-3H3. The summed E-state index contributed by atoms with van der Waals surface area (Å²) in [5.41, 5.74) is 0.708. The van der Waals surface area contributed by atoms with Crippen LogP contribution in [0.2, 0.25) is 0 Å². The minimum Gasteiger partial charge on any atom is -0.482 e. The minimum absolute atomic E-state index is 0.0777. The number of non-ortho nitro benzene ring substituents is 1. The molecule has 1 unspecified atom stereocenters. The molecule has 0 spiro atoms. The monoisotopic (exact) mass is 399 g/mol. The lowest BCUT2D eigenvalue weighted by Gasteiger charge is -2.26. The average molecular weight is 399 g/mol. The van der Waals surface area contributed by atoms with Gasteiger partial charge in [-0.05, 0) is 48.7 Å². The van der Waals surface area contributed by atoms with Gasteiger partial charge in [0.25, 0.3) is 5.69 Å². The first-order chi connectivity index (χ1) is 13.8. The van der Waals surface area contributed by atoms with Crippen LogP contribution in [0.4, 0.5) is 5.69 Å². The second kappa shape index (κ2) is 7.90. The summed E-state index contributed by atoms with van der Waals surface area (Å²) in [7, 11) is 1.28. The van der Waals surface area contributed by atoms with Crippen LogP contribution in [0.3, 0.4) is 0 Å². The van der Waals surface area contributed by atoms with E-state index >= 15 is 0 Å². The Morgan fingerprint density at radius 2 is 2.00 bits per heavy atom. The number of benzene rings is 2. The van der Waals surface area contributed by atoms with Crippen LogP contribution in [0.15, 0.2) is 36.4 Å². The van der Waals surface area contributed by atoms with Crippen molar-refractivity contribution in [2.45, 2.75) is 32.3 Å². The number of fused-ring (bicyclic) bond motifs is 1. The largest absolute Gasteiger partial charge is 0.482 e. The van der Waals surface area contributed by atoms with Gasteiger partial charge in [0.15, 0.2) is 12.2 Å². The Labute approximate surface area is 167 Å². The van der Waals surface area contributed by atoms with Crippen molar-refractivity contribution in [3.8, 4) is 11.5 Å². The Kier molecular flexibility index (Phi) is 5.54. The van der Waals surface area contributed by atoms with Crippen molar-refractivity contribution in [3.05, 3.63) is 63.2 Å². The maximum atomic E-state index is 13.3. The average Bonchev–Trinajstić information content (AvgIpc) is 3.11. The predicted molar refractivity (Wildman–Crippen MR) is 103 cm³/mol. The molecule has 0 amide bonds. The number of ketones is 1. The fraction of sp³-hybridized carbons (Fsp3) is 0.333. The van der Waals surface area contributed by atoms with Crippen molar-refractivity contribution >= 4 is 17.4 Å². The van der Waals surface area contributed by atoms with Crippen molar-refractivity contribution in [1.29, 1.82) is 0 Å². The molecule has 0 fully saturated rings. The minimum atomic E-state index is -1.11. The van der Waals surface area contributed by atoms with Crippen molar-refractivity contribution in [2.24, 2.45) is 0 Å². The van der Waals surface area contributed by atoms with E-state index in [1.54, 1.807) is 31.2 Å². The van der Waals surface area contributed by atoms with E-state index in [0.29, 0.717) is 35.5 Å². The molecule has 0 radical (unpaired) electrons. The van der Waals surface area contributed by atoms with Crippen molar-refractivity contribution in [2.75, 3.05) is 13.7 Å². The van der Waals surface area contributed by atoms with Gasteiger partial charge in [0.1, 0.15) is 11.5 Å². The van der Waals surface area contributed by atoms with E-state index in [9.17, 15) is 19.7 Å². The summed E-state index contributed by atoms with van der Waals surface area (Å²) in [4.78, 5) is 35.1. The Hall–Kier alpha value is -3.42. The number of nitro groups is 1. The van der Waals surface area contributed by atoms with Gasteiger partial charge in [0.05, 0.1) is 18.1 Å². The highest BCUT2D eigenvalue weighted by Gasteiger charge is 2.45. The highest BCUT2D eigenvalue weighted by Crippen LogP contribution is 2.41. The number of carbonyl (C=O) groups is 2. The van der Waals surface area contributed by atoms with Crippen LogP contribution in [0.5, 0.6) is 11.5 Å². The molecule has 0 saturated heterocycles. The highest BCUT2D eigenvalue weighted by atomic mass is 16.6. The molecule has 0 aliphatic carbocycles. The van der Waals surface area contributed by atoms with Crippen LogP contribution in [0.1, 0.15) is 34.8 Å². The molecular weight excluding hydrogens is 378 g/mol. The first-order valence-corrected chi connectivity index (χ1v) is 9.11. The summed E-state index contributed by atoms with van der Waals surface area (Å²) in [5.74, 6) is 0.134. The number of carbonyl (C=O) groups excluding carboxylic acids is 2. The van der Waals surface area contributed by atoms with Crippen LogP contribution in [0, 0.1) is 17.0 Å². The second-order valence-corrected chi connectivity index (χ2v) is 6.85. The maximum absolute atomic E-state index is 13.3. The lowest BCUT2D eigenvalue weighted by molar-refractivity contribution is -0.384. The quantitative estimate of drug-likeness (QED) is 0.304. The Bertz CT molecular complexity index is 985. The first-order valence-electron chi connectivity index (χ1n) is 9.11.